The van der Waals surface area contributed by atoms with Crippen molar-refractivity contribution < 1.29 is 23.3 Å². The second-order valence-electron chi connectivity index (χ2n) is 5.29. The Hall–Kier alpha value is -0.920. The van der Waals surface area contributed by atoms with Crippen LogP contribution < -0.4 is 10.1 Å². The zero-order chi connectivity index (χ0) is 15.7. The minimum atomic E-state index is -0.997. The lowest BCUT2D eigenvalue weighted by molar-refractivity contribution is -0.151. The summed E-state index contributed by atoms with van der Waals surface area (Å²) in [5.41, 5.74) is 0.901. The monoisotopic (exact) mass is 331 g/mol. The second kappa shape index (κ2) is 6.29. The summed E-state index contributed by atoms with van der Waals surface area (Å²) in [5, 5.41) is 3.04. The maximum atomic E-state index is 14.6. The summed E-state index contributed by atoms with van der Waals surface area (Å²) in [5.74, 6) is -1.13. The third-order valence-electron chi connectivity index (χ3n) is 3.86. The van der Waals surface area contributed by atoms with Crippen LogP contribution in [0, 0.1) is 5.82 Å². The van der Waals surface area contributed by atoms with Crippen LogP contribution in [0.25, 0.3) is 0 Å². The van der Waals surface area contributed by atoms with E-state index in [1.165, 1.54) is 6.07 Å². The van der Waals surface area contributed by atoms with Crippen molar-refractivity contribution in [3.63, 3.8) is 0 Å². The average molecular weight is 332 g/mol. The number of hydrogen-bond donors (Lipinski definition) is 1. The molecule has 2 heterocycles. The van der Waals surface area contributed by atoms with E-state index in [0.717, 1.165) is 0 Å². The van der Waals surface area contributed by atoms with Crippen LogP contribution in [-0.2, 0) is 20.0 Å². The van der Waals surface area contributed by atoms with Crippen LogP contribution in [0.15, 0.2) is 6.07 Å². The Balaban J connectivity index is 2.16. The Bertz CT molecular complexity index is 557. The van der Waals surface area contributed by atoms with Gasteiger partial charge in [-0.25, -0.2) is 4.39 Å². The predicted octanol–water partition coefficient (Wildman–Crippen LogP) is 2.72. The highest BCUT2D eigenvalue weighted by molar-refractivity contribution is 6.31. The van der Waals surface area contributed by atoms with Gasteiger partial charge in [0.1, 0.15) is 11.9 Å². The van der Waals surface area contributed by atoms with Crippen LogP contribution in [0.1, 0.15) is 31.1 Å². The lowest BCUT2D eigenvalue weighted by Crippen LogP contribution is -2.25. The highest BCUT2D eigenvalue weighted by Gasteiger charge is 2.40. The molecule has 0 spiro atoms. The average Bonchev–Trinajstić information content (AvgIpc) is 3.15. The molecule has 1 N–H and O–H groups in total. The number of nitrogens with one attached hydrogen (secondary N) is 1. The fourth-order valence-electron chi connectivity index (χ4n) is 2.82. The van der Waals surface area contributed by atoms with Crippen molar-refractivity contribution in [1.82, 2.24) is 5.32 Å². The Morgan fingerprint density at radius 1 is 1.45 bits per heavy atom. The lowest BCUT2D eigenvalue weighted by Gasteiger charge is -2.28. The van der Waals surface area contributed by atoms with Gasteiger partial charge in [-0.1, -0.05) is 11.6 Å². The molecule has 0 bridgehead atoms. The summed E-state index contributed by atoms with van der Waals surface area (Å²) in [6.45, 7) is 5.80. The fourth-order valence-corrected chi connectivity index (χ4v) is 3.03. The number of hydrogen-bond acceptors (Lipinski definition) is 5. The molecule has 1 aromatic rings. The molecule has 0 radical (unpaired) electrons. The molecular weight excluding hydrogens is 313 g/mol. The molecule has 5 nitrogen and oxygen atoms in total. The van der Waals surface area contributed by atoms with Gasteiger partial charge in [-0.3, -0.25) is 5.32 Å². The highest BCUT2D eigenvalue weighted by Crippen LogP contribution is 2.45. The molecule has 22 heavy (non-hydrogen) atoms. The van der Waals surface area contributed by atoms with Crippen LogP contribution in [0.4, 0.5) is 4.39 Å². The largest absolute Gasteiger partial charge is 0.493 e. The van der Waals surface area contributed by atoms with Gasteiger partial charge in [0.15, 0.2) is 11.6 Å². The first-order valence-electron chi connectivity index (χ1n) is 7.32. The molecule has 1 aromatic carbocycles. The van der Waals surface area contributed by atoms with Crippen molar-refractivity contribution in [2.45, 2.75) is 25.7 Å². The summed E-state index contributed by atoms with van der Waals surface area (Å²) >= 11 is 6.09. The molecule has 2 saturated heterocycles. The molecule has 0 unspecified atom stereocenters. The molecule has 0 aromatic heterocycles. The van der Waals surface area contributed by atoms with E-state index in [2.05, 4.69) is 5.32 Å². The summed E-state index contributed by atoms with van der Waals surface area (Å²) in [6, 6.07) is 1.51. The number of benzene rings is 1. The van der Waals surface area contributed by atoms with E-state index in [4.69, 9.17) is 30.5 Å². The second-order valence-corrected chi connectivity index (χ2v) is 5.70. The van der Waals surface area contributed by atoms with E-state index in [1.807, 2.05) is 6.92 Å². The molecule has 7 heteroatoms. The molecule has 2 fully saturated rings. The fraction of sp³-hybridized carbons (Fsp3) is 0.600. The van der Waals surface area contributed by atoms with Crippen molar-refractivity contribution in [1.29, 1.82) is 0 Å². The molecule has 0 amide bonds. The van der Waals surface area contributed by atoms with Gasteiger partial charge in [-0.15, -0.1) is 0 Å². The topological polar surface area (TPSA) is 49.0 Å². The van der Waals surface area contributed by atoms with Gasteiger partial charge in [0, 0.05) is 6.54 Å². The molecule has 3 rings (SSSR count). The van der Waals surface area contributed by atoms with E-state index in [-0.39, 0.29) is 5.02 Å². The van der Waals surface area contributed by atoms with Crippen LogP contribution >= 0.6 is 11.6 Å². The van der Waals surface area contributed by atoms with E-state index in [9.17, 15) is 4.39 Å². The van der Waals surface area contributed by atoms with Crippen LogP contribution in [0.5, 0.6) is 5.75 Å². The maximum Gasteiger partial charge on any atom is 0.195 e. The Kier molecular flexibility index (Phi) is 4.56. The quantitative estimate of drug-likeness (QED) is 0.919. The van der Waals surface area contributed by atoms with Gasteiger partial charge >= 0.3 is 0 Å². The van der Waals surface area contributed by atoms with Crippen molar-refractivity contribution in [3.8, 4) is 5.75 Å². The Morgan fingerprint density at radius 2 is 2.18 bits per heavy atom. The van der Waals surface area contributed by atoms with Crippen molar-refractivity contribution in [2.24, 2.45) is 0 Å². The Labute approximate surface area is 133 Å². The van der Waals surface area contributed by atoms with E-state index >= 15 is 0 Å². The van der Waals surface area contributed by atoms with Crippen molar-refractivity contribution >= 4 is 11.6 Å². The summed E-state index contributed by atoms with van der Waals surface area (Å²) in [4.78, 5) is 0. The van der Waals surface area contributed by atoms with E-state index < -0.39 is 17.7 Å². The number of halogens is 2. The van der Waals surface area contributed by atoms with Gasteiger partial charge in [0.2, 0.25) is 0 Å². The van der Waals surface area contributed by atoms with Gasteiger partial charge in [0.25, 0.3) is 0 Å². The normalized spacial score (nSPS) is 23.9. The molecular formula is C15H19ClFNO4. The van der Waals surface area contributed by atoms with E-state index in [1.54, 1.807) is 6.92 Å². The minimum Gasteiger partial charge on any atom is -0.493 e. The molecule has 0 aliphatic carbocycles. The highest BCUT2D eigenvalue weighted by atomic mass is 35.5. The van der Waals surface area contributed by atoms with Crippen molar-refractivity contribution in [3.05, 3.63) is 28.0 Å². The Morgan fingerprint density at radius 3 is 2.77 bits per heavy atom. The number of ether oxygens (including phenoxy) is 4. The van der Waals surface area contributed by atoms with Crippen LogP contribution in [0.3, 0.4) is 0 Å². The standard InChI is InChI=1S/C15H19ClFNO4/c1-3-19-14-9(15(2)21-4-5-22-15)6-10(16)13(17)12(14)11-7-18-8-20-11/h6,11,18H,3-5,7-8H2,1-2H3/t11-/m0/s1. The van der Waals surface area contributed by atoms with Gasteiger partial charge in [-0.05, 0) is 19.9 Å². The first kappa shape index (κ1) is 16.0. The van der Waals surface area contributed by atoms with Gasteiger partial charge in [0.05, 0.1) is 42.7 Å². The third-order valence-corrected chi connectivity index (χ3v) is 4.14. The zero-order valence-corrected chi connectivity index (χ0v) is 13.3. The molecule has 2 aliphatic heterocycles. The molecule has 1 atom stereocenters. The molecule has 122 valence electrons. The predicted molar refractivity (Wildman–Crippen MR) is 78.5 cm³/mol. The third kappa shape index (κ3) is 2.70. The van der Waals surface area contributed by atoms with E-state index in [0.29, 0.717) is 50.0 Å². The number of rotatable bonds is 4. The zero-order valence-electron chi connectivity index (χ0n) is 12.6. The summed E-state index contributed by atoms with van der Waals surface area (Å²) < 4.78 is 37.3. The van der Waals surface area contributed by atoms with Gasteiger partial charge < -0.3 is 18.9 Å². The van der Waals surface area contributed by atoms with Crippen molar-refractivity contribution in [2.75, 3.05) is 33.1 Å². The molecule has 2 aliphatic rings. The minimum absolute atomic E-state index is 0.00396. The lowest BCUT2D eigenvalue weighted by atomic mass is 9.98. The SMILES string of the molecule is CCOc1c(C2(C)OCCO2)cc(Cl)c(F)c1[C@@H]1CNCO1. The maximum absolute atomic E-state index is 14.6. The van der Waals surface area contributed by atoms with Gasteiger partial charge in [-0.2, -0.15) is 0 Å². The van der Waals surface area contributed by atoms with Crippen LogP contribution in [-0.4, -0.2) is 33.1 Å². The van der Waals surface area contributed by atoms with Crippen LogP contribution in [0.2, 0.25) is 5.02 Å². The first-order chi connectivity index (χ1) is 10.6. The summed E-state index contributed by atoms with van der Waals surface area (Å²) in [7, 11) is 0. The molecule has 0 saturated carbocycles. The summed E-state index contributed by atoms with van der Waals surface area (Å²) in [6.07, 6.45) is -0.455. The smallest absolute Gasteiger partial charge is 0.195 e. The first-order valence-corrected chi connectivity index (χ1v) is 7.70.